The second-order valence-electron chi connectivity index (χ2n) is 5.44. The molecule has 0 fully saturated rings. The minimum Gasteiger partial charge on any atom is -0.485 e. The number of benzene rings is 2. The fourth-order valence-electron chi connectivity index (χ4n) is 2.38. The maximum atomic E-state index is 12.4. The van der Waals surface area contributed by atoms with Crippen LogP contribution in [0, 0.1) is 20.8 Å². The Hall–Kier alpha value is -2.49. The van der Waals surface area contributed by atoms with Gasteiger partial charge in [0.25, 0.3) is 0 Å². The lowest BCUT2D eigenvalue weighted by Gasteiger charge is -2.25. The molecule has 0 bridgehead atoms. The molecule has 114 valence electrons. The summed E-state index contributed by atoms with van der Waals surface area (Å²) in [5, 5.41) is 0. The summed E-state index contributed by atoms with van der Waals surface area (Å²) in [6.07, 6.45) is -0.755. The van der Waals surface area contributed by atoms with Crippen LogP contribution in [0.3, 0.4) is 0 Å². The topological polar surface area (TPSA) is 44.8 Å². The quantitative estimate of drug-likeness (QED) is 0.630. The van der Waals surface area contributed by atoms with Gasteiger partial charge in [-0.1, -0.05) is 24.3 Å². The van der Waals surface area contributed by atoms with E-state index in [1.54, 1.807) is 6.07 Å². The highest BCUT2D eigenvalue weighted by Crippen LogP contribution is 2.32. The normalized spacial score (nSPS) is 16.2. The molecular weight excluding hydrogens is 280 g/mol. The lowest BCUT2D eigenvalue weighted by atomic mass is 10.1. The Morgan fingerprint density at radius 1 is 1.05 bits per heavy atom. The number of aryl methyl sites for hydroxylation is 2. The number of hydrogen-bond donors (Lipinski definition) is 0. The Kier molecular flexibility index (Phi) is 3.75. The second-order valence-corrected chi connectivity index (χ2v) is 5.44. The number of carbonyl (C=O) groups is 1. The number of hydrogen-bond acceptors (Lipinski definition) is 4. The number of esters is 1. The van der Waals surface area contributed by atoms with Crippen LogP contribution in [0.15, 0.2) is 36.4 Å². The number of fused-ring (bicyclic) bond motifs is 1. The highest BCUT2D eigenvalue weighted by atomic mass is 16.6. The predicted octanol–water partition coefficient (Wildman–Crippen LogP) is 3.36. The molecule has 4 heteroatoms. The standard InChI is InChI=1S/C18H18O4/c1-11-8-9-12(2)17(13(11)3)22-18(19)16-10-20-14-6-4-5-7-15(14)21-16/h4-9,16H,10H2,1-3H3/t16-/m0/s1. The van der Waals surface area contributed by atoms with Crippen LogP contribution in [-0.2, 0) is 4.79 Å². The average molecular weight is 298 g/mol. The lowest BCUT2D eigenvalue weighted by Crippen LogP contribution is -2.39. The van der Waals surface area contributed by atoms with Crippen LogP contribution in [0.5, 0.6) is 17.2 Å². The first-order valence-electron chi connectivity index (χ1n) is 7.23. The molecule has 0 saturated heterocycles. The smallest absolute Gasteiger partial charge is 0.356 e. The Bertz CT molecular complexity index is 721. The van der Waals surface area contributed by atoms with Gasteiger partial charge in [0.15, 0.2) is 11.5 Å². The summed E-state index contributed by atoms with van der Waals surface area (Å²) in [6.45, 7) is 6.00. The van der Waals surface area contributed by atoms with Crippen molar-refractivity contribution < 1.29 is 19.0 Å². The maximum Gasteiger partial charge on any atom is 0.356 e. The Balaban J connectivity index is 1.78. The van der Waals surface area contributed by atoms with Gasteiger partial charge in [-0.25, -0.2) is 4.79 Å². The van der Waals surface area contributed by atoms with Crippen molar-refractivity contribution in [1.29, 1.82) is 0 Å². The first-order valence-corrected chi connectivity index (χ1v) is 7.23. The van der Waals surface area contributed by atoms with Crippen molar-refractivity contribution in [2.45, 2.75) is 26.9 Å². The monoisotopic (exact) mass is 298 g/mol. The largest absolute Gasteiger partial charge is 0.485 e. The zero-order valence-corrected chi connectivity index (χ0v) is 12.9. The van der Waals surface area contributed by atoms with E-state index in [1.165, 1.54) is 0 Å². The molecule has 0 N–H and O–H groups in total. The Labute approximate surface area is 129 Å². The Morgan fingerprint density at radius 3 is 2.50 bits per heavy atom. The average Bonchev–Trinajstić information content (AvgIpc) is 2.54. The third-order valence-corrected chi connectivity index (χ3v) is 3.85. The summed E-state index contributed by atoms with van der Waals surface area (Å²) in [5.41, 5.74) is 2.97. The van der Waals surface area contributed by atoms with Crippen LogP contribution >= 0.6 is 0 Å². The van der Waals surface area contributed by atoms with E-state index < -0.39 is 12.1 Å². The van der Waals surface area contributed by atoms with Crippen molar-refractivity contribution in [2.75, 3.05) is 6.61 Å². The molecule has 1 heterocycles. The van der Waals surface area contributed by atoms with Crippen LogP contribution in [0.4, 0.5) is 0 Å². The van der Waals surface area contributed by atoms with Crippen molar-refractivity contribution in [1.82, 2.24) is 0 Å². The summed E-state index contributed by atoms with van der Waals surface area (Å²) in [4.78, 5) is 12.4. The van der Waals surface area contributed by atoms with Gasteiger partial charge in [-0.2, -0.15) is 0 Å². The van der Waals surface area contributed by atoms with Crippen molar-refractivity contribution in [2.24, 2.45) is 0 Å². The van der Waals surface area contributed by atoms with Gasteiger partial charge in [0.1, 0.15) is 12.4 Å². The number of rotatable bonds is 2. The SMILES string of the molecule is Cc1ccc(C)c(OC(=O)[C@@H]2COc3ccccc3O2)c1C. The summed E-state index contributed by atoms with van der Waals surface area (Å²) in [5.74, 6) is 1.38. The zero-order valence-electron chi connectivity index (χ0n) is 12.9. The molecule has 2 aromatic carbocycles. The van der Waals surface area contributed by atoms with E-state index in [2.05, 4.69) is 0 Å². The molecule has 22 heavy (non-hydrogen) atoms. The molecule has 0 spiro atoms. The van der Waals surface area contributed by atoms with E-state index in [0.29, 0.717) is 17.2 Å². The summed E-state index contributed by atoms with van der Waals surface area (Å²) >= 11 is 0. The fourth-order valence-corrected chi connectivity index (χ4v) is 2.38. The summed E-state index contributed by atoms with van der Waals surface area (Å²) in [7, 11) is 0. The van der Waals surface area contributed by atoms with E-state index in [0.717, 1.165) is 16.7 Å². The van der Waals surface area contributed by atoms with Gasteiger partial charge < -0.3 is 14.2 Å². The van der Waals surface area contributed by atoms with Gasteiger partial charge in [-0.3, -0.25) is 0 Å². The highest BCUT2D eigenvalue weighted by molar-refractivity contribution is 5.79. The van der Waals surface area contributed by atoms with Gasteiger partial charge in [-0.05, 0) is 49.6 Å². The molecule has 2 aromatic rings. The molecule has 1 aliphatic rings. The second kappa shape index (κ2) is 5.72. The van der Waals surface area contributed by atoms with E-state index >= 15 is 0 Å². The third-order valence-electron chi connectivity index (χ3n) is 3.85. The van der Waals surface area contributed by atoms with Gasteiger partial charge in [0.05, 0.1) is 0 Å². The van der Waals surface area contributed by atoms with Crippen molar-refractivity contribution >= 4 is 5.97 Å². The van der Waals surface area contributed by atoms with Gasteiger partial charge >= 0.3 is 5.97 Å². The van der Waals surface area contributed by atoms with Crippen molar-refractivity contribution in [3.05, 3.63) is 53.1 Å². The van der Waals surface area contributed by atoms with Crippen LogP contribution in [0.2, 0.25) is 0 Å². The third kappa shape index (κ3) is 2.64. The Morgan fingerprint density at radius 2 is 1.73 bits per heavy atom. The van der Waals surface area contributed by atoms with Crippen LogP contribution in [0.25, 0.3) is 0 Å². The predicted molar refractivity (Wildman–Crippen MR) is 82.6 cm³/mol. The first kappa shape index (κ1) is 14.4. The number of para-hydroxylation sites is 2. The van der Waals surface area contributed by atoms with Gasteiger partial charge in [0.2, 0.25) is 6.10 Å². The molecular formula is C18H18O4. The highest BCUT2D eigenvalue weighted by Gasteiger charge is 2.29. The molecule has 0 aliphatic carbocycles. The van der Waals surface area contributed by atoms with Gasteiger partial charge in [0, 0.05) is 0 Å². The molecule has 0 unspecified atom stereocenters. The molecule has 1 aliphatic heterocycles. The molecule has 0 saturated carbocycles. The van der Waals surface area contributed by atoms with E-state index in [-0.39, 0.29) is 6.61 Å². The van der Waals surface area contributed by atoms with Crippen molar-refractivity contribution in [3.63, 3.8) is 0 Å². The minimum atomic E-state index is -0.755. The van der Waals surface area contributed by atoms with Crippen LogP contribution in [0.1, 0.15) is 16.7 Å². The first-order chi connectivity index (χ1) is 10.6. The number of ether oxygens (including phenoxy) is 3. The molecule has 0 aromatic heterocycles. The summed E-state index contributed by atoms with van der Waals surface area (Å²) < 4.78 is 16.8. The lowest BCUT2D eigenvalue weighted by molar-refractivity contribution is -0.144. The summed E-state index contributed by atoms with van der Waals surface area (Å²) in [6, 6.07) is 11.2. The van der Waals surface area contributed by atoms with E-state index in [9.17, 15) is 4.79 Å². The maximum absolute atomic E-state index is 12.4. The van der Waals surface area contributed by atoms with Crippen LogP contribution < -0.4 is 14.2 Å². The number of carbonyl (C=O) groups excluding carboxylic acids is 1. The van der Waals surface area contributed by atoms with Crippen LogP contribution in [-0.4, -0.2) is 18.7 Å². The van der Waals surface area contributed by atoms with E-state index in [4.69, 9.17) is 14.2 Å². The van der Waals surface area contributed by atoms with Gasteiger partial charge in [-0.15, -0.1) is 0 Å². The van der Waals surface area contributed by atoms with Crippen molar-refractivity contribution in [3.8, 4) is 17.2 Å². The molecule has 4 nitrogen and oxygen atoms in total. The minimum absolute atomic E-state index is 0.153. The molecule has 1 atom stereocenters. The molecule has 3 rings (SSSR count). The zero-order chi connectivity index (χ0) is 15.7. The molecule has 0 amide bonds. The fraction of sp³-hybridized carbons (Fsp3) is 0.278. The molecule has 0 radical (unpaired) electrons. The van der Waals surface area contributed by atoms with E-state index in [1.807, 2.05) is 51.1 Å².